The van der Waals surface area contributed by atoms with Gasteiger partial charge in [-0.1, -0.05) is 36.4 Å². The predicted octanol–water partition coefficient (Wildman–Crippen LogP) is 3.64. The Morgan fingerprint density at radius 2 is 1.89 bits per heavy atom. The predicted molar refractivity (Wildman–Crippen MR) is 78.2 cm³/mol. The Bertz CT molecular complexity index is 557. The number of thioether (sulfide) groups is 1. The highest BCUT2D eigenvalue weighted by Crippen LogP contribution is 2.26. The number of amidine groups is 1. The molecule has 3 N–H and O–H groups in total. The molecule has 2 aromatic rings. The summed E-state index contributed by atoms with van der Waals surface area (Å²) < 4.78 is 13.1. The molecule has 0 spiro atoms. The van der Waals surface area contributed by atoms with Gasteiger partial charge in [0.25, 0.3) is 0 Å². The van der Waals surface area contributed by atoms with Crippen LogP contribution in [0.2, 0.25) is 0 Å². The third kappa shape index (κ3) is 3.83. The number of halogens is 1. The zero-order chi connectivity index (χ0) is 13.7. The van der Waals surface area contributed by atoms with E-state index in [2.05, 4.69) is 0 Å². The fraction of sp³-hybridized carbons (Fsp3) is 0.133. The molecule has 0 fully saturated rings. The summed E-state index contributed by atoms with van der Waals surface area (Å²) in [6.07, 6.45) is 0. The van der Waals surface area contributed by atoms with E-state index in [0.29, 0.717) is 5.75 Å². The van der Waals surface area contributed by atoms with Crippen LogP contribution in [0.25, 0.3) is 0 Å². The van der Waals surface area contributed by atoms with Gasteiger partial charge in [0.1, 0.15) is 5.82 Å². The maximum absolute atomic E-state index is 13.1. The summed E-state index contributed by atoms with van der Waals surface area (Å²) in [4.78, 5) is 0.849. The first-order valence-electron chi connectivity index (χ1n) is 5.94. The van der Waals surface area contributed by atoms with Crippen molar-refractivity contribution in [3.63, 3.8) is 0 Å². The Morgan fingerprint density at radius 1 is 1.16 bits per heavy atom. The van der Waals surface area contributed by atoms with Crippen LogP contribution in [0.15, 0.2) is 59.5 Å². The fourth-order valence-electron chi connectivity index (χ4n) is 1.79. The van der Waals surface area contributed by atoms with Crippen LogP contribution >= 0.6 is 11.8 Å². The van der Waals surface area contributed by atoms with E-state index in [-0.39, 0.29) is 17.6 Å². The van der Waals surface area contributed by atoms with Gasteiger partial charge in [0, 0.05) is 10.6 Å². The first-order valence-corrected chi connectivity index (χ1v) is 6.92. The van der Waals surface area contributed by atoms with E-state index in [0.717, 1.165) is 10.5 Å². The zero-order valence-electron chi connectivity index (χ0n) is 10.3. The van der Waals surface area contributed by atoms with Gasteiger partial charge in [-0.2, -0.15) is 0 Å². The van der Waals surface area contributed by atoms with Crippen molar-refractivity contribution < 1.29 is 4.39 Å². The average Bonchev–Trinajstić information content (AvgIpc) is 2.40. The summed E-state index contributed by atoms with van der Waals surface area (Å²) in [5, 5.41) is 7.69. The van der Waals surface area contributed by atoms with Crippen LogP contribution in [0.1, 0.15) is 11.5 Å². The van der Waals surface area contributed by atoms with Crippen molar-refractivity contribution in [1.82, 2.24) is 0 Å². The minimum atomic E-state index is -0.246. The van der Waals surface area contributed by atoms with E-state index in [1.807, 2.05) is 36.4 Å². The Kier molecular flexibility index (Phi) is 4.58. The Hall–Kier alpha value is -1.81. The Labute approximate surface area is 116 Å². The van der Waals surface area contributed by atoms with Crippen molar-refractivity contribution in [2.24, 2.45) is 5.73 Å². The molecule has 0 aromatic heterocycles. The highest BCUT2D eigenvalue weighted by Gasteiger charge is 2.15. The summed E-state index contributed by atoms with van der Waals surface area (Å²) in [6.45, 7) is 0. The second-order valence-corrected chi connectivity index (χ2v) is 5.28. The van der Waals surface area contributed by atoms with Gasteiger partial charge in [0.05, 0.1) is 11.8 Å². The molecule has 0 heterocycles. The van der Waals surface area contributed by atoms with Gasteiger partial charge >= 0.3 is 0 Å². The number of nitrogens with one attached hydrogen (secondary N) is 1. The van der Waals surface area contributed by atoms with Gasteiger partial charge in [-0.15, -0.1) is 11.8 Å². The van der Waals surface area contributed by atoms with Crippen LogP contribution in [-0.4, -0.2) is 11.6 Å². The second kappa shape index (κ2) is 6.38. The molecule has 1 unspecified atom stereocenters. The third-order valence-corrected chi connectivity index (χ3v) is 3.88. The molecule has 2 aromatic carbocycles. The van der Waals surface area contributed by atoms with Crippen LogP contribution in [0.5, 0.6) is 0 Å². The van der Waals surface area contributed by atoms with Gasteiger partial charge in [-0.05, 0) is 23.8 Å². The highest BCUT2D eigenvalue weighted by atomic mass is 32.2. The Balaban J connectivity index is 2.08. The number of nitrogens with two attached hydrogens (primary N) is 1. The summed E-state index contributed by atoms with van der Waals surface area (Å²) >= 11 is 1.51. The first kappa shape index (κ1) is 13.6. The molecular weight excluding hydrogens is 259 g/mol. The maximum Gasteiger partial charge on any atom is 0.124 e. The molecule has 0 aliphatic rings. The SMILES string of the molecule is N=C(N)C(CSc1cccc(F)c1)c1ccccc1. The van der Waals surface area contributed by atoms with Crippen molar-refractivity contribution in [3.8, 4) is 0 Å². The van der Waals surface area contributed by atoms with Gasteiger partial charge in [0.15, 0.2) is 0 Å². The third-order valence-electron chi connectivity index (χ3n) is 2.79. The maximum atomic E-state index is 13.1. The molecular formula is C15H15FN2S. The molecule has 0 saturated heterocycles. The number of rotatable bonds is 5. The second-order valence-electron chi connectivity index (χ2n) is 4.19. The zero-order valence-corrected chi connectivity index (χ0v) is 11.2. The van der Waals surface area contributed by atoms with E-state index in [1.165, 1.54) is 23.9 Å². The minimum absolute atomic E-state index is 0.134. The lowest BCUT2D eigenvalue weighted by Crippen LogP contribution is -2.22. The van der Waals surface area contributed by atoms with Crippen molar-refractivity contribution in [2.75, 3.05) is 5.75 Å². The first-order chi connectivity index (χ1) is 9.16. The molecule has 0 radical (unpaired) electrons. The molecule has 0 aliphatic heterocycles. The molecule has 4 heteroatoms. The van der Waals surface area contributed by atoms with E-state index in [4.69, 9.17) is 11.1 Å². The number of hydrogen-bond donors (Lipinski definition) is 2. The quantitative estimate of drug-likeness (QED) is 0.497. The van der Waals surface area contributed by atoms with E-state index in [9.17, 15) is 4.39 Å². The van der Waals surface area contributed by atoms with Crippen LogP contribution in [-0.2, 0) is 0 Å². The molecule has 19 heavy (non-hydrogen) atoms. The molecule has 1 atom stereocenters. The van der Waals surface area contributed by atoms with E-state index >= 15 is 0 Å². The summed E-state index contributed by atoms with van der Waals surface area (Å²) in [6, 6.07) is 16.2. The lowest BCUT2D eigenvalue weighted by Gasteiger charge is -2.15. The largest absolute Gasteiger partial charge is 0.387 e. The van der Waals surface area contributed by atoms with E-state index < -0.39 is 0 Å². The average molecular weight is 274 g/mol. The van der Waals surface area contributed by atoms with Gasteiger partial charge < -0.3 is 5.73 Å². The van der Waals surface area contributed by atoms with Crippen LogP contribution in [0.4, 0.5) is 4.39 Å². The molecule has 0 amide bonds. The fourth-order valence-corrected chi connectivity index (χ4v) is 2.89. The number of benzene rings is 2. The summed E-state index contributed by atoms with van der Waals surface area (Å²) in [5.41, 5.74) is 6.67. The smallest absolute Gasteiger partial charge is 0.124 e. The summed E-state index contributed by atoms with van der Waals surface area (Å²) in [7, 11) is 0. The molecule has 98 valence electrons. The molecule has 0 bridgehead atoms. The lowest BCUT2D eigenvalue weighted by molar-refractivity contribution is 0.624. The topological polar surface area (TPSA) is 49.9 Å². The molecule has 0 saturated carbocycles. The van der Waals surface area contributed by atoms with E-state index in [1.54, 1.807) is 6.07 Å². The van der Waals surface area contributed by atoms with Crippen LogP contribution in [0.3, 0.4) is 0 Å². The van der Waals surface area contributed by atoms with Crippen LogP contribution < -0.4 is 5.73 Å². The molecule has 2 rings (SSSR count). The number of hydrogen-bond acceptors (Lipinski definition) is 2. The Morgan fingerprint density at radius 3 is 2.53 bits per heavy atom. The van der Waals surface area contributed by atoms with Gasteiger partial charge in [-0.25, -0.2) is 4.39 Å². The van der Waals surface area contributed by atoms with Crippen molar-refractivity contribution in [3.05, 3.63) is 66.0 Å². The monoisotopic (exact) mass is 274 g/mol. The van der Waals surface area contributed by atoms with Crippen molar-refractivity contribution in [1.29, 1.82) is 5.41 Å². The van der Waals surface area contributed by atoms with Gasteiger partial charge in [0.2, 0.25) is 0 Å². The normalized spacial score (nSPS) is 12.1. The summed E-state index contributed by atoms with van der Waals surface area (Å²) in [5.74, 6) is 0.372. The molecule has 0 aliphatic carbocycles. The van der Waals surface area contributed by atoms with Crippen molar-refractivity contribution >= 4 is 17.6 Å². The minimum Gasteiger partial charge on any atom is -0.387 e. The van der Waals surface area contributed by atoms with Crippen LogP contribution in [0, 0.1) is 11.2 Å². The standard InChI is InChI=1S/C15H15FN2S/c16-12-7-4-8-13(9-12)19-10-14(15(17)18)11-5-2-1-3-6-11/h1-9,14H,10H2,(H3,17,18). The highest BCUT2D eigenvalue weighted by molar-refractivity contribution is 7.99. The van der Waals surface area contributed by atoms with Crippen molar-refractivity contribution in [2.45, 2.75) is 10.8 Å². The molecule has 2 nitrogen and oxygen atoms in total. The lowest BCUT2D eigenvalue weighted by atomic mass is 10.0. The van der Waals surface area contributed by atoms with Gasteiger partial charge in [-0.3, -0.25) is 5.41 Å².